The number of halogens is 1. The SMILES string of the molecule is Cc1cc(C(=O)Cl)cc(N)n1. The van der Waals surface area contributed by atoms with Crippen LogP contribution in [0.1, 0.15) is 16.1 Å². The second-order valence-corrected chi connectivity index (χ2v) is 2.54. The molecule has 0 spiro atoms. The van der Waals surface area contributed by atoms with Crippen LogP contribution in [-0.2, 0) is 0 Å². The Morgan fingerprint density at radius 1 is 1.64 bits per heavy atom. The first-order valence-corrected chi connectivity index (χ1v) is 3.41. The predicted octanol–water partition coefficient (Wildman–Crippen LogP) is 1.35. The molecule has 11 heavy (non-hydrogen) atoms. The molecule has 0 atom stereocenters. The summed E-state index contributed by atoms with van der Waals surface area (Å²) in [6.45, 7) is 1.75. The molecule has 0 aliphatic heterocycles. The molecule has 0 saturated carbocycles. The van der Waals surface area contributed by atoms with Crippen LogP contribution in [0.3, 0.4) is 0 Å². The summed E-state index contributed by atoms with van der Waals surface area (Å²) in [4.78, 5) is 14.5. The summed E-state index contributed by atoms with van der Waals surface area (Å²) in [5.74, 6) is 0.314. The Balaban J connectivity index is 3.19. The van der Waals surface area contributed by atoms with Crippen molar-refractivity contribution in [3.63, 3.8) is 0 Å². The van der Waals surface area contributed by atoms with Crippen molar-refractivity contribution in [3.8, 4) is 0 Å². The number of hydrogen-bond donors (Lipinski definition) is 1. The molecular weight excluding hydrogens is 164 g/mol. The van der Waals surface area contributed by atoms with Crippen LogP contribution in [-0.4, -0.2) is 10.2 Å². The van der Waals surface area contributed by atoms with Gasteiger partial charge in [-0.3, -0.25) is 4.79 Å². The molecule has 1 aromatic rings. The van der Waals surface area contributed by atoms with Gasteiger partial charge in [0.1, 0.15) is 5.82 Å². The minimum Gasteiger partial charge on any atom is -0.384 e. The number of aromatic nitrogens is 1. The first-order valence-electron chi connectivity index (χ1n) is 3.03. The molecule has 4 heteroatoms. The van der Waals surface area contributed by atoms with E-state index in [0.717, 1.165) is 0 Å². The molecule has 0 saturated heterocycles. The molecule has 1 aromatic heterocycles. The van der Waals surface area contributed by atoms with Gasteiger partial charge in [-0.1, -0.05) is 0 Å². The lowest BCUT2D eigenvalue weighted by atomic mass is 10.2. The number of carbonyl (C=O) groups is 1. The maximum absolute atomic E-state index is 10.6. The lowest BCUT2D eigenvalue weighted by Crippen LogP contribution is -1.97. The number of pyridine rings is 1. The largest absolute Gasteiger partial charge is 0.384 e. The molecule has 0 radical (unpaired) electrons. The van der Waals surface area contributed by atoms with E-state index < -0.39 is 5.24 Å². The van der Waals surface area contributed by atoms with Gasteiger partial charge in [-0.05, 0) is 30.7 Å². The summed E-state index contributed by atoms with van der Waals surface area (Å²) in [5, 5.41) is -0.512. The minimum absolute atomic E-state index is 0.314. The molecule has 2 N–H and O–H groups in total. The van der Waals surface area contributed by atoms with Gasteiger partial charge in [0.2, 0.25) is 0 Å². The Hall–Kier alpha value is -1.09. The van der Waals surface area contributed by atoms with Crippen LogP contribution in [0.2, 0.25) is 0 Å². The molecule has 0 aromatic carbocycles. The van der Waals surface area contributed by atoms with Crippen LogP contribution in [0.4, 0.5) is 5.82 Å². The van der Waals surface area contributed by atoms with Gasteiger partial charge in [0.25, 0.3) is 5.24 Å². The molecule has 3 nitrogen and oxygen atoms in total. The zero-order valence-electron chi connectivity index (χ0n) is 5.97. The lowest BCUT2D eigenvalue weighted by molar-refractivity contribution is 0.108. The van der Waals surface area contributed by atoms with Crippen molar-refractivity contribution in [1.29, 1.82) is 0 Å². The van der Waals surface area contributed by atoms with Crippen LogP contribution in [0.25, 0.3) is 0 Å². The third-order valence-corrected chi connectivity index (χ3v) is 1.42. The van der Waals surface area contributed by atoms with E-state index in [2.05, 4.69) is 4.98 Å². The summed E-state index contributed by atoms with van der Waals surface area (Å²) in [5.41, 5.74) is 6.45. The number of rotatable bonds is 1. The summed E-state index contributed by atoms with van der Waals surface area (Å²) in [6, 6.07) is 3.04. The van der Waals surface area contributed by atoms with Crippen molar-refractivity contribution in [1.82, 2.24) is 4.98 Å². The number of aryl methyl sites for hydroxylation is 1. The molecule has 0 amide bonds. The summed E-state index contributed by atoms with van der Waals surface area (Å²) >= 11 is 5.22. The van der Waals surface area contributed by atoms with E-state index in [1.165, 1.54) is 6.07 Å². The van der Waals surface area contributed by atoms with Gasteiger partial charge in [0.05, 0.1) is 0 Å². The average molecular weight is 171 g/mol. The normalized spacial score (nSPS) is 9.64. The zero-order valence-corrected chi connectivity index (χ0v) is 6.72. The third-order valence-electron chi connectivity index (χ3n) is 1.20. The highest BCUT2D eigenvalue weighted by atomic mass is 35.5. The number of nitrogens with two attached hydrogens (primary N) is 1. The maximum Gasteiger partial charge on any atom is 0.252 e. The minimum atomic E-state index is -0.512. The van der Waals surface area contributed by atoms with Gasteiger partial charge in [-0.2, -0.15) is 0 Å². The highest BCUT2D eigenvalue weighted by Gasteiger charge is 2.02. The summed E-state index contributed by atoms with van der Waals surface area (Å²) in [6.07, 6.45) is 0. The molecule has 0 bridgehead atoms. The van der Waals surface area contributed by atoms with E-state index in [0.29, 0.717) is 17.1 Å². The van der Waals surface area contributed by atoms with Crippen LogP contribution < -0.4 is 5.73 Å². The number of hydrogen-bond acceptors (Lipinski definition) is 3. The molecule has 0 aliphatic carbocycles. The van der Waals surface area contributed by atoms with Crippen molar-refractivity contribution < 1.29 is 4.79 Å². The van der Waals surface area contributed by atoms with Crippen LogP contribution in [0.15, 0.2) is 12.1 Å². The number of carbonyl (C=O) groups excluding carboxylic acids is 1. The Morgan fingerprint density at radius 3 is 2.73 bits per heavy atom. The smallest absolute Gasteiger partial charge is 0.252 e. The van der Waals surface area contributed by atoms with Crippen molar-refractivity contribution in [2.75, 3.05) is 5.73 Å². The quantitative estimate of drug-likeness (QED) is 0.648. The van der Waals surface area contributed by atoms with Crippen molar-refractivity contribution >= 4 is 22.7 Å². The number of anilines is 1. The van der Waals surface area contributed by atoms with Crippen molar-refractivity contribution in [3.05, 3.63) is 23.4 Å². The second-order valence-electron chi connectivity index (χ2n) is 2.20. The molecular formula is C7H7ClN2O. The first-order chi connectivity index (χ1) is 5.09. The predicted molar refractivity (Wildman–Crippen MR) is 43.6 cm³/mol. The highest BCUT2D eigenvalue weighted by Crippen LogP contribution is 2.08. The van der Waals surface area contributed by atoms with Gasteiger partial charge < -0.3 is 5.73 Å². The van der Waals surface area contributed by atoms with Crippen molar-refractivity contribution in [2.24, 2.45) is 0 Å². The fourth-order valence-corrected chi connectivity index (χ4v) is 0.917. The van der Waals surface area contributed by atoms with Gasteiger partial charge in [0.15, 0.2) is 0 Å². The number of nitrogens with zero attached hydrogens (tertiary/aromatic N) is 1. The molecule has 1 rings (SSSR count). The van der Waals surface area contributed by atoms with E-state index in [1.54, 1.807) is 13.0 Å². The molecule has 0 unspecified atom stereocenters. The van der Waals surface area contributed by atoms with Crippen LogP contribution in [0, 0.1) is 6.92 Å². The van der Waals surface area contributed by atoms with Gasteiger partial charge >= 0.3 is 0 Å². The molecule has 58 valence electrons. The van der Waals surface area contributed by atoms with E-state index in [9.17, 15) is 4.79 Å². The highest BCUT2D eigenvalue weighted by molar-refractivity contribution is 6.67. The summed E-state index contributed by atoms with van der Waals surface area (Å²) in [7, 11) is 0. The Bertz CT molecular complexity index is 278. The van der Waals surface area contributed by atoms with E-state index in [4.69, 9.17) is 17.3 Å². The Kier molecular flexibility index (Phi) is 2.10. The molecule has 0 fully saturated rings. The average Bonchev–Trinajstić information content (AvgIpc) is 1.85. The van der Waals surface area contributed by atoms with Crippen molar-refractivity contribution in [2.45, 2.75) is 6.92 Å². The van der Waals surface area contributed by atoms with E-state index >= 15 is 0 Å². The zero-order chi connectivity index (χ0) is 8.43. The van der Waals surface area contributed by atoms with Gasteiger partial charge in [-0.15, -0.1) is 0 Å². The third kappa shape index (κ3) is 1.91. The molecule has 0 aliphatic rings. The topological polar surface area (TPSA) is 56.0 Å². The molecule has 1 heterocycles. The standard InChI is InChI=1S/C7H7ClN2O/c1-4-2-5(7(8)11)3-6(9)10-4/h2-3H,1H3,(H2,9,10). The fourth-order valence-electron chi connectivity index (χ4n) is 0.808. The Morgan fingerprint density at radius 2 is 2.27 bits per heavy atom. The lowest BCUT2D eigenvalue weighted by Gasteiger charge is -1.97. The second kappa shape index (κ2) is 2.88. The maximum atomic E-state index is 10.6. The number of nitrogen functional groups attached to an aromatic ring is 1. The van der Waals surface area contributed by atoms with Crippen LogP contribution >= 0.6 is 11.6 Å². The monoisotopic (exact) mass is 170 g/mol. The Labute approximate surface area is 69.2 Å². The van der Waals surface area contributed by atoms with Crippen LogP contribution in [0.5, 0.6) is 0 Å². The fraction of sp³-hybridized carbons (Fsp3) is 0.143. The van der Waals surface area contributed by atoms with E-state index in [-0.39, 0.29) is 0 Å². The van der Waals surface area contributed by atoms with Gasteiger partial charge in [0, 0.05) is 11.3 Å². The summed E-state index contributed by atoms with van der Waals surface area (Å²) < 4.78 is 0. The van der Waals surface area contributed by atoms with Gasteiger partial charge in [-0.25, -0.2) is 4.98 Å². The van der Waals surface area contributed by atoms with E-state index in [1.807, 2.05) is 0 Å². The first kappa shape index (κ1) is 8.01.